The van der Waals surface area contributed by atoms with E-state index in [1.807, 2.05) is 6.92 Å². The van der Waals surface area contributed by atoms with Crippen LogP contribution in [0.5, 0.6) is 0 Å². The lowest BCUT2D eigenvalue weighted by molar-refractivity contribution is -0.152. The maximum atomic E-state index is 13.2. The van der Waals surface area contributed by atoms with Gasteiger partial charge in [-0.2, -0.15) is 0 Å². The van der Waals surface area contributed by atoms with Gasteiger partial charge in [0.25, 0.3) is 5.56 Å². The van der Waals surface area contributed by atoms with Gasteiger partial charge in [0.2, 0.25) is 0 Å². The molecule has 0 saturated carbocycles. The average molecular weight is 466 g/mol. The molecule has 1 saturated heterocycles. The predicted octanol–water partition coefficient (Wildman–Crippen LogP) is 2.12. The fourth-order valence-corrected chi connectivity index (χ4v) is 4.84. The maximum absolute atomic E-state index is 13.2. The van der Waals surface area contributed by atoms with Crippen molar-refractivity contribution in [3.05, 3.63) is 31.3 Å². The molecule has 1 aliphatic rings. The highest BCUT2D eigenvalue weighted by molar-refractivity contribution is 7.20. The number of rotatable bonds is 8. The number of aromatic nitrogens is 2. The summed E-state index contributed by atoms with van der Waals surface area (Å²) in [5, 5.41) is 0.488. The molecule has 10 heteroatoms. The van der Waals surface area contributed by atoms with Crippen LogP contribution < -0.4 is 11.2 Å². The summed E-state index contributed by atoms with van der Waals surface area (Å²) in [5.41, 5.74) is -0.555. The lowest BCUT2D eigenvalue weighted by atomic mass is 10.2. The third kappa shape index (κ3) is 5.54. The molecule has 0 aromatic carbocycles. The van der Waals surface area contributed by atoms with Gasteiger partial charge in [0, 0.05) is 19.9 Å². The minimum Gasteiger partial charge on any atom is -0.459 e. The summed E-state index contributed by atoms with van der Waals surface area (Å²) in [6.07, 6.45) is 3.34. The summed E-state index contributed by atoms with van der Waals surface area (Å²) in [7, 11) is 1.53. The number of carbonyl (C=O) groups excluding carboxylic acids is 1. The summed E-state index contributed by atoms with van der Waals surface area (Å²) < 4.78 is 19.0. The van der Waals surface area contributed by atoms with Crippen molar-refractivity contribution in [2.24, 2.45) is 4.99 Å². The Labute approximate surface area is 190 Å². The Hall–Kier alpha value is -2.30. The first-order valence-electron chi connectivity index (χ1n) is 10.7. The van der Waals surface area contributed by atoms with Crippen LogP contribution in [0, 0.1) is 6.92 Å². The van der Waals surface area contributed by atoms with Crippen LogP contribution in [0.3, 0.4) is 0 Å². The number of aryl methyl sites for hydroxylation is 1. The first kappa shape index (κ1) is 24.3. The van der Waals surface area contributed by atoms with Crippen LogP contribution in [0.2, 0.25) is 0 Å². The molecular formula is C22H31N3O6S. The maximum Gasteiger partial charge on any atom is 0.332 e. The molecule has 2 aromatic heterocycles. The molecule has 0 bridgehead atoms. The third-order valence-electron chi connectivity index (χ3n) is 5.11. The summed E-state index contributed by atoms with van der Waals surface area (Å²) in [6, 6.07) is 0. The molecule has 1 unspecified atom stereocenters. The fourth-order valence-electron chi connectivity index (χ4n) is 3.64. The van der Waals surface area contributed by atoms with Crippen LogP contribution in [0.1, 0.15) is 44.1 Å². The number of carbonyl (C=O) groups is 1. The third-order valence-corrected chi connectivity index (χ3v) is 6.36. The van der Waals surface area contributed by atoms with E-state index in [-0.39, 0.29) is 37.0 Å². The monoisotopic (exact) mass is 465 g/mol. The molecule has 0 amide bonds. The second-order valence-corrected chi connectivity index (χ2v) is 9.84. The van der Waals surface area contributed by atoms with E-state index in [1.54, 1.807) is 31.6 Å². The van der Waals surface area contributed by atoms with E-state index in [4.69, 9.17) is 14.2 Å². The highest BCUT2D eigenvalue weighted by Crippen LogP contribution is 2.27. The van der Waals surface area contributed by atoms with E-state index < -0.39 is 11.6 Å². The second-order valence-electron chi connectivity index (χ2n) is 8.81. The molecule has 2 aromatic rings. The van der Waals surface area contributed by atoms with Crippen molar-refractivity contribution in [1.82, 2.24) is 9.13 Å². The number of hydrogen-bond acceptors (Lipinski definition) is 8. The van der Waals surface area contributed by atoms with Crippen molar-refractivity contribution in [3.8, 4) is 0 Å². The van der Waals surface area contributed by atoms with Crippen molar-refractivity contribution in [2.45, 2.75) is 65.3 Å². The molecule has 3 rings (SSSR count). The zero-order valence-electron chi connectivity index (χ0n) is 19.3. The summed E-state index contributed by atoms with van der Waals surface area (Å²) in [6.45, 7) is 8.60. The van der Waals surface area contributed by atoms with Crippen molar-refractivity contribution < 1.29 is 19.0 Å². The highest BCUT2D eigenvalue weighted by Gasteiger charge is 2.23. The molecule has 176 valence electrons. The summed E-state index contributed by atoms with van der Waals surface area (Å²) in [5.74, 6) is -0.426. The molecule has 9 nitrogen and oxygen atoms in total. The standard InChI is InChI=1S/C22H31N3O6S/c1-14-16(11-23-12-17(26)31-22(2,3)4)32-20-18(14)19(27)24(8-10-29-5)21(28)25(20)13-15-7-6-9-30-15/h11,15H,6-10,12-13H2,1-5H3. The van der Waals surface area contributed by atoms with Gasteiger partial charge < -0.3 is 14.2 Å². The lowest BCUT2D eigenvalue weighted by Crippen LogP contribution is -2.42. The Kier molecular flexibility index (Phi) is 7.68. The first-order valence-corrected chi connectivity index (χ1v) is 11.5. The van der Waals surface area contributed by atoms with Crippen LogP contribution in [0.15, 0.2) is 14.6 Å². The number of fused-ring (bicyclic) bond motifs is 1. The molecular weight excluding hydrogens is 434 g/mol. The number of ether oxygens (including phenoxy) is 3. The van der Waals surface area contributed by atoms with Gasteiger partial charge in [-0.05, 0) is 46.1 Å². The Bertz CT molecular complexity index is 1120. The predicted molar refractivity (Wildman–Crippen MR) is 124 cm³/mol. The molecule has 0 radical (unpaired) electrons. The average Bonchev–Trinajstić information content (AvgIpc) is 3.32. The molecule has 0 spiro atoms. The van der Waals surface area contributed by atoms with Crippen LogP contribution in [-0.4, -0.2) is 59.9 Å². The number of hydrogen-bond donors (Lipinski definition) is 0. The Morgan fingerprint density at radius 2 is 2.06 bits per heavy atom. The van der Waals surface area contributed by atoms with Gasteiger partial charge in [-0.1, -0.05) is 0 Å². The van der Waals surface area contributed by atoms with Crippen molar-refractivity contribution in [3.63, 3.8) is 0 Å². The Balaban J connectivity index is 2.01. The summed E-state index contributed by atoms with van der Waals surface area (Å²) in [4.78, 5) is 43.8. The van der Waals surface area contributed by atoms with E-state index >= 15 is 0 Å². The van der Waals surface area contributed by atoms with Gasteiger partial charge in [0.05, 0.1) is 36.1 Å². The topological polar surface area (TPSA) is 101 Å². The van der Waals surface area contributed by atoms with Gasteiger partial charge in [0.15, 0.2) is 0 Å². The van der Waals surface area contributed by atoms with Crippen molar-refractivity contribution >= 4 is 33.7 Å². The lowest BCUT2D eigenvalue weighted by Gasteiger charge is -2.18. The SMILES string of the molecule is COCCn1c(=O)c2c(C)c(C=NCC(=O)OC(C)(C)C)sc2n(CC2CCCO2)c1=O. The first-order chi connectivity index (χ1) is 15.1. The number of thiophene rings is 1. The van der Waals surface area contributed by atoms with Crippen LogP contribution in [0.4, 0.5) is 0 Å². The normalized spacial score (nSPS) is 17.0. The second kappa shape index (κ2) is 10.1. The molecule has 1 aliphatic heterocycles. The molecule has 0 aliphatic carbocycles. The molecule has 1 atom stereocenters. The highest BCUT2D eigenvalue weighted by atomic mass is 32.1. The summed E-state index contributed by atoms with van der Waals surface area (Å²) >= 11 is 1.32. The smallest absolute Gasteiger partial charge is 0.332 e. The quantitative estimate of drug-likeness (QED) is 0.437. The fraction of sp³-hybridized carbons (Fsp3) is 0.636. The Morgan fingerprint density at radius 3 is 2.69 bits per heavy atom. The largest absolute Gasteiger partial charge is 0.459 e. The van der Waals surface area contributed by atoms with E-state index in [0.29, 0.717) is 23.4 Å². The molecule has 3 heterocycles. The van der Waals surface area contributed by atoms with Crippen molar-refractivity contribution in [2.75, 3.05) is 26.9 Å². The number of esters is 1. The van der Waals surface area contributed by atoms with E-state index in [9.17, 15) is 14.4 Å². The Morgan fingerprint density at radius 1 is 1.31 bits per heavy atom. The number of methoxy groups -OCH3 is 1. The van der Waals surface area contributed by atoms with Gasteiger partial charge in [-0.3, -0.25) is 23.7 Å². The van der Waals surface area contributed by atoms with Crippen LogP contribution >= 0.6 is 11.3 Å². The van der Waals surface area contributed by atoms with Gasteiger partial charge in [0.1, 0.15) is 17.0 Å². The zero-order chi connectivity index (χ0) is 23.5. The van der Waals surface area contributed by atoms with Crippen LogP contribution in [-0.2, 0) is 32.1 Å². The zero-order valence-corrected chi connectivity index (χ0v) is 20.1. The number of aliphatic imine (C=N–C) groups is 1. The number of nitrogens with zero attached hydrogens (tertiary/aromatic N) is 3. The van der Waals surface area contributed by atoms with Crippen molar-refractivity contribution in [1.29, 1.82) is 0 Å². The van der Waals surface area contributed by atoms with E-state index in [0.717, 1.165) is 23.3 Å². The molecule has 0 N–H and O–H groups in total. The van der Waals surface area contributed by atoms with Gasteiger partial charge >= 0.3 is 11.7 Å². The van der Waals surface area contributed by atoms with E-state index in [2.05, 4.69) is 4.99 Å². The minimum atomic E-state index is -0.578. The molecule has 32 heavy (non-hydrogen) atoms. The van der Waals surface area contributed by atoms with E-state index in [1.165, 1.54) is 23.0 Å². The van der Waals surface area contributed by atoms with Crippen LogP contribution in [0.25, 0.3) is 10.2 Å². The van der Waals surface area contributed by atoms with Gasteiger partial charge in [-0.15, -0.1) is 11.3 Å². The minimum absolute atomic E-state index is 0.0593. The molecule has 1 fully saturated rings. The van der Waals surface area contributed by atoms with Gasteiger partial charge in [-0.25, -0.2) is 4.79 Å².